The van der Waals surface area contributed by atoms with Gasteiger partial charge in [-0.2, -0.15) is 9.61 Å². The summed E-state index contributed by atoms with van der Waals surface area (Å²) in [5.74, 6) is -0.526. The van der Waals surface area contributed by atoms with Crippen LogP contribution in [0.5, 0.6) is 0 Å². The maximum atomic E-state index is 12.9. The van der Waals surface area contributed by atoms with Crippen LogP contribution in [-0.4, -0.2) is 20.5 Å². The molecule has 0 spiro atoms. The topological polar surface area (TPSA) is 93.2 Å². The van der Waals surface area contributed by atoms with Crippen molar-refractivity contribution in [2.45, 2.75) is 26.2 Å². The van der Waals surface area contributed by atoms with Crippen molar-refractivity contribution in [2.24, 2.45) is 5.73 Å². The molecule has 2 aromatic heterocycles. The van der Waals surface area contributed by atoms with Crippen LogP contribution < -0.4 is 11.3 Å². The van der Waals surface area contributed by atoms with Gasteiger partial charge < -0.3 is 10.7 Å². The van der Waals surface area contributed by atoms with Crippen LogP contribution in [0.2, 0.25) is 5.02 Å². The number of hydrogen-bond acceptors (Lipinski definition) is 3. The Bertz CT molecular complexity index is 1330. The number of nitrogens with zero attached hydrogens (tertiary/aromatic N) is 2. The first-order valence-corrected chi connectivity index (χ1v) is 9.85. The fourth-order valence-corrected chi connectivity index (χ4v) is 3.58. The number of fused-ring (bicyclic) bond motifs is 1. The molecule has 0 aliphatic heterocycles. The van der Waals surface area contributed by atoms with Gasteiger partial charge in [0, 0.05) is 27.6 Å². The summed E-state index contributed by atoms with van der Waals surface area (Å²) in [6.07, 6.45) is 0. The zero-order valence-corrected chi connectivity index (χ0v) is 17.6. The Kier molecular flexibility index (Phi) is 4.74. The van der Waals surface area contributed by atoms with Crippen molar-refractivity contribution in [2.75, 3.05) is 0 Å². The lowest BCUT2D eigenvalue weighted by molar-refractivity contribution is 0.100. The van der Waals surface area contributed by atoms with Crippen LogP contribution in [0.1, 0.15) is 36.8 Å². The molecule has 2 heterocycles. The van der Waals surface area contributed by atoms with Gasteiger partial charge in [-0.3, -0.25) is 9.59 Å². The molecule has 0 saturated heterocycles. The van der Waals surface area contributed by atoms with Gasteiger partial charge in [-0.05, 0) is 35.4 Å². The Morgan fingerprint density at radius 2 is 1.77 bits per heavy atom. The second-order valence-corrected chi connectivity index (χ2v) is 8.64. The van der Waals surface area contributed by atoms with Crippen molar-refractivity contribution in [3.63, 3.8) is 0 Å². The third-order valence-corrected chi connectivity index (χ3v) is 5.17. The minimum absolute atomic E-state index is 0.269. The summed E-state index contributed by atoms with van der Waals surface area (Å²) >= 11 is 6.08. The minimum Gasteiger partial charge on any atom is -0.366 e. The quantitative estimate of drug-likeness (QED) is 0.514. The number of H-pyrrole nitrogens is 1. The summed E-state index contributed by atoms with van der Waals surface area (Å²) < 4.78 is 1.38. The van der Waals surface area contributed by atoms with Gasteiger partial charge in [-0.15, -0.1) is 0 Å². The zero-order valence-electron chi connectivity index (χ0n) is 16.9. The van der Waals surface area contributed by atoms with Gasteiger partial charge >= 0.3 is 0 Å². The molecule has 0 unspecified atom stereocenters. The van der Waals surface area contributed by atoms with Gasteiger partial charge in [-0.25, -0.2) is 0 Å². The predicted molar refractivity (Wildman–Crippen MR) is 119 cm³/mol. The lowest BCUT2D eigenvalue weighted by Gasteiger charge is -2.17. The first kappa shape index (κ1) is 19.9. The number of carbonyl (C=O) groups is 1. The lowest BCUT2D eigenvalue weighted by Crippen LogP contribution is -2.17. The van der Waals surface area contributed by atoms with E-state index in [0.717, 1.165) is 16.8 Å². The highest BCUT2D eigenvalue weighted by molar-refractivity contribution is 6.30. The van der Waals surface area contributed by atoms with Crippen molar-refractivity contribution in [3.8, 4) is 22.4 Å². The standard InChI is InChI=1S/C23H21ClN4O2/c1-23(2,3)20-19(13-7-9-16(24)10-8-13)22-26-17(12-18(29)28(22)27-20)14-5-4-6-15(11-14)21(25)30/h4-12,26H,1-3H3,(H2,25,30). The van der Waals surface area contributed by atoms with E-state index in [1.165, 1.54) is 10.6 Å². The Hall–Kier alpha value is -3.38. The first-order valence-electron chi connectivity index (χ1n) is 9.48. The molecule has 1 amide bonds. The van der Waals surface area contributed by atoms with E-state index in [-0.39, 0.29) is 11.0 Å². The molecule has 0 saturated carbocycles. The van der Waals surface area contributed by atoms with Gasteiger partial charge in [-0.1, -0.05) is 56.6 Å². The SMILES string of the molecule is CC(C)(C)c1nn2c(=O)cc(-c3cccc(C(N)=O)c3)[nH]c2c1-c1ccc(Cl)cc1. The summed E-state index contributed by atoms with van der Waals surface area (Å²) in [5.41, 5.74) is 9.58. The molecule has 0 fully saturated rings. The smallest absolute Gasteiger partial charge is 0.274 e. The molecule has 0 radical (unpaired) electrons. The summed E-state index contributed by atoms with van der Waals surface area (Å²) in [5, 5.41) is 5.26. The van der Waals surface area contributed by atoms with Gasteiger partial charge in [0.1, 0.15) is 5.65 Å². The van der Waals surface area contributed by atoms with E-state index in [1.807, 2.05) is 30.3 Å². The highest BCUT2D eigenvalue weighted by atomic mass is 35.5. The number of primary amides is 1. The molecule has 152 valence electrons. The fourth-order valence-electron chi connectivity index (χ4n) is 3.45. The number of nitrogens with two attached hydrogens (primary N) is 1. The average molecular weight is 421 g/mol. The van der Waals surface area contributed by atoms with E-state index in [1.54, 1.807) is 18.2 Å². The van der Waals surface area contributed by atoms with E-state index in [4.69, 9.17) is 17.3 Å². The zero-order chi connectivity index (χ0) is 21.6. The largest absolute Gasteiger partial charge is 0.366 e. The molecule has 4 rings (SSSR count). The molecule has 0 bridgehead atoms. The van der Waals surface area contributed by atoms with Gasteiger partial charge in [0.15, 0.2) is 0 Å². The molecule has 2 aromatic carbocycles. The number of halogens is 1. The summed E-state index contributed by atoms with van der Waals surface area (Å²) in [6, 6.07) is 15.8. The number of aromatic amines is 1. The fraction of sp³-hybridized carbons (Fsp3) is 0.174. The number of carbonyl (C=O) groups excluding carboxylic acids is 1. The number of hydrogen-bond donors (Lipinski definition) is 2. The van der Waals surface area contributed by atoms with Gasteiger partial charge in [0.25, 0.3) is 5.56 Å². The highest BCUT2D eigenvalue weighted by Gasteiger charge is 2.26. The maximum Gasteiger partial charge on any atom is 0.274 e. The van der Waals surface area contributed by atoms with Crippen LogP contribution in [0.3, 0.4) is 0 Å². The third kappa shape index (κ3) is 3.50. The number of amides is 1. The molecule has 0 aliphatic carbocycles. The third-order valence-electron chi connectivity index (χ3n) is 4.92. The molecular weight excluding hydrogens is 400 g/mol. The van der Waals surface area contributed by atoms with Crippen LogP contribution >= 0.6 is 11.6 Å². The van der Waals surface area contributed by atoms with Crippen molar-refractivity contribution in [1.29, 1.82) is 0 Å². The van der Waals surface area contributed by atoms with E-state index in [2.05, 4.69) is 30.9 Å². The van der Waals surface area contributed by atoms with E-state index < -0.39 is 5.91 Å². The van der Waals surface area contributed by atoms with E-state index in [0.29, 0.717) is 27.5 Å². The van der Waals surface area contributed by atoms with E-state index >= 15 is 0 Å². The summed E-state index contributed by atoms with van der Waals surface area (Å²) in [7, 11) is 0. The molecule has 0 aliphatic rings. The normalized spacial score (nSPS) is 11.7. The molecular formula is C23H21ClN4O2. The lowest BCUT2D eigenvalue weighted by atomic mass is 9.87. The Morgan fingerprint density at radius 1 is 1.07 bits per heavy atom. The van der Waals surface area contributed by atoms with Crippen LogP contribution in [0.15, 0.2) is 59.4 Å². The first-order chi connectivity index (χ1) is 14.1. The van der Waals surface area contributed by atoms with Crippen LogP contribution in [0.4, 0.5) is 0 Å². The van der Waals surface area contributed by atoms with Crippen molar-refractivity contribution >= 4 is 23.2 Å². The average Bonchev–Trinajstić information content (AvgIpc) is 3.09. The van der Waals surface area contributed by atoms with Crippen LogP contribution in [-0.2, 0) is 5.41 Å². The van der Waals surface area contributed by atoms with Gasteiger partial charge in [0.2, 0.25) is 5.91 Å². The molecule has 30 heavy (non-hydrogen) atoms. The monoisotopic (exact) mass is 420 g/mol. The maximum absolute atomic E-state index is 12.9. The Balaban J connectivity index is 2.03. The Morgan fingerprint density at radius 3 is 2.40 bits per heavy atom. The van der Waals surface area contributed by atoms with Crippen molar-refractivity contribution in [1.82, 2.24) is 14.6 Å². The van der Waals surface area contributed by atoms with Crippen LogP contribution in [0.25, 0.3) is 28.0 Å². The molecule has 0 atom stereocenters. The molecule has 7 heteroatoms. The Labute approximate surface area is 178 Å². The molecule has 6 nitrogen and oxygen atoms in total. The molecule has 3 N–H and O–H groups in total. The number of benzene rings is 2. The number of nitrogens with one attached hydrogen (secondary N) is 1. The van der Waals surface area contributed by atoms with E-state index in [9.17, 15) is 9.59 Å². The summed E-state index contributed by atoms with van der Waals surface area (Å²) in [6.45, 7) is 6.15. The van der Waals surface area contributed by atoms with Crippen molar-refractivity contribution < 1.29 is 4.79 Å². The van der Waals surface area contributed by atoms with Gasteiger partial charge in [0.05, 0.1) is 11.4 Å². The second-order valence-electron chi connectivity index (χ2n) is 8.21. The number of rotatable bonds is 3. The minimum atomic E-state index is -0.526. The summed E-state index contributed by atoms with van der Waals surface area (Å²) in [4.78, 5) is 27.8. The number of aromatic nitrogens is 3. The highest BCUT2D eigenvalue weighted by Crippen LogP contribution is 2.35. The molecule has 4 aromatic rings. The second kappa shape index (κ2) is 7.15. The predicted octanol–water partition coefficient (Wildman–Crippen LogP) is 4.41. The van der Waals surface area contributed by atoms with Crippen LogP contribution in [0, 0.1) is 0 Å². The van der Waals surface area contributed by atoms with Crippen molar-refractivity contribution in [3.05, 3.63) is 81.2 Å².